The van der Waals surface area contributed by atoms with Crippen LogP contribution in [0.4, 0.5) is 0 Å². The van der Waals surface area contributed by atoms with Crippen LogP contribution in [0.15, 0.2) is 35.2 Å². The number of carbonyl (C=O) groups is 1. The topological polar surface area (TPSA) is 50.5 Å². The molecule has 3 aromatic heterocycles. The monoisotopic (exact) mass is 340 g/mol. The van der Waals surface area contributed by atoms with Crippen molar-refractivity contribution in [1.82, 2.24) is 19.5 Å². The molecular formula is C18H20N4OS. The summed E-state index contributed by atoms with van der Waals surface area (Å²) in [5.41, 5.74) is 4.22. The zero-order valence-corrected chi connectivity index (χ0v) is 14.5. The van der Waals surface area contributed by atoms with Gasteiger partial charge in [0.15, 0.2) is 5.65 Å². The van der Waals surface area contributed by atoms with E-state index in [4.69, 9.17) is 0 Å². The van der Waals surface area contributed by atoms with Crippen molar-refractivity contribution in [3.63, 3.8) is 0 Å². The summed E-state index contributed by atoms with van der Waals surface area (Å²) >= 11 is 1.64. The van der Waals surface area contributed by atoms with Crippen LogP contribution in [0.2, 0.25) is 0 Å². The lowest BCUT2D eigenvalue weighted by Gasteiger charge is -2.32. The molecule has 24 heavy (non-hydrogen) atoms. The first kappa shape index (κ1) is 15.3. The Bertz CT molecular complexity index is 847. The van der Waals surface area contributed by atoms with Gasteiger partial charge in [0.05, 0.1) is 12.1 Å². The van der Waals surface area contributed by atoms with Gasteiger partial charge in [-0.2, -0.15) is 16.4 Å². The molecule has 1 saturated heterocycles. The number of nitrogens with zero attached hydrogens (tertiary/aromatic N) is 4. The van der Waals surface area contributed by atoms with Crippen molar-refractivity contribution in [2.45, 2.75) is 32.1 Å². The van der Waals surface area contributed by atoms with Gasteiger partial charge in [-0.15, -0.1) is 0 Å². The summed E-state index contributed by atoms with van der Waals surface area (Å²) in [5, 5.41) is 8.64. The highest BCUT2D eigenvalue weighted by atomic mass is 32.1. The molecule has 0 radical (unpaired) electrons. The van der Waals surface area contributed by atoms with Crippen LogP contribution in [-0.4, -0.2) is 38.5 Å². The van der Waals surface area contributed by atoms with E-state index in [-0.39, 0.29) is 5.91 Å². The first-order chi connectivity index (χ1) is 11.7. The molecular weight excluding hydrogens is 320 g/mol. The third-order valence-electron chi connectivity index (χ3n) is 4.71. The maximum atomic E-state index is 12.4. The third-order valence-corrected chi connectivity index (χ3v) is 5.44. The van der Waals surface area contributed by atoms with Crippen LogP contribution in [0.3, 0.4) is 0 Å². The second-order valence-electron chi connectivity index (χ2n) is 6.39. The van der Waals surface area contributed by atoms with Crippen LogP contribution in [0.25, 0.3) is 5.65 Å². The number of amides is 1. The Morgan fingerprint density at radius 1 is 1.33 bits per heavy atom. The van der Waals surface area contributed by atoms with Gasteiger partial charge in [0, 0.05) is 37.0 Å². The predicted molar refractivity (Wildman–Crippen MR) is 94.3 cm³/mol. The van der Waals surface area contributed by atoms with Gasteiger partial charge in [-0.3, -0.25) is 4.79 Å². The van der Waals surface area contributed by atoms with E-state index in [2.05, 4.69) is 21.5 Å². The zero-order valence-electron chi connectivity index (χ0n) is 13.7. The summed E-state index contributed by atoms with van der Waals surface area (Å²) < 4.78 is 1.96. The van der Waals surface area contributed by atoms with Crippen molar-refractivity contribution in [3.8, 4) is 0 Å². The molecule has 6 heteroatoms. The number of aryl methyl sites for hydroxylation is 1. The van der Waals surface area contributed by atoms with E-state index >= 15 is 0 Å². The largest absolute Gasteiger partial charge is 0.342 e. The molecule has 0 N–H and O–H groups in total. The molecule has 0 unspecified atom stereocenters. The summed E-state index contributed by atoms with van der Waals surface area (Å²) in [6.45, 7) is 3.62. The molecule has 0 spiro atoms. The van der Waals surface area contributed by atoms with E-state index in [0.29, 0.717) is 12.3 Å². The normalized spacial score (nSPS) is 16.0. The van der Waals surface area contributed by atoms with Gasteiger partial charge in [0.1, 0.15) is 0 Å². The number of piperidine rings is 1. The highest BCUT2D eigenvalue weighted by molar-refractivity contribution is 7.08. The minimum absolute atomic E-state index is 0.238. The fourth-order valence-electron chi connectivity index (χ4n) is 3.44. The van der Waals surface area contributed by atoms with Crippen molar-refractivity contribution < 1.29 is 4.79 Å². The zero-order chi connectivity index (χ0) is 16.5. The van der Waals surface area contributed by atoms with Crippen LogP contribution >= 0.6 is 11.3 Å². The SMILES string of the molecule is Cc1cc2nccc(C3CCN(C(=O)Cc4ccsc4)CC3)n2n1. The Morgan fingerprint density at radius 3 is 2.92 bits per heavy atom. The molecule has 5 nitrogen and oxygen atoms in total. The molecule has 1 aliphatic heterocycles. The number of rotatable bonds is 3. The number of aromatic nitrogens is 3. The van der Waals surface area contributed by atoms with Crippen molar-refractivity contribution in [3.05, 3.63) is 52.1 Å². The Labute approximate surface area is 144 Å². The number of hydrogen-bond donors (Lipinski definition) is 0. The molecule has 4 heterocycles. The second-order valence-corrected chi connectivity index (χ2v) is 7.17. The quantitative estimate of drug-likeness (QED) is 0.736. The Hall–Kier alpha value is -2.21. The highest BCUT2D eigenvalue weighted by Crippen LogP contribution is 2.28. The molecule has 1 fully saturated rings. The van der Waals surface area contributed by atoms with Crippen LogP contribution < -0.4 is 0 Å². The van der Waals surface area contributed by atoms with E-state index in [0.717, 1.165) is 42.8 Å². The Morgan fingerprint density at radius 2 is 2.17 bits per heavy atom. The number of hydrogen-bond acceptors (Lipinski definition) is 4. The van der Waals surface area contributed by atoms with Crippen molar-refractivity contribution >= 4 is 22.9 Å². The maximum Gasteiger partial charge on any atom is 0.227 e. The van der Waals surface area contributed by atoms with Crippen LogP contribution in [0.5, 0.6) is 0 Å². The van der Waals surface area contributed by atoms with Gasteiger partial charge in [-0.1, -0.05) is 0 Å². The minimum atomic E-state index is 0.238. The third kappa shape index (κ3) is 2.94. The van der Waals surface area contributed by atoms with E-state index in [9.17, 15) is 4.79 Å². The Kier molecular flexibility index (Phi) is 4.06. The smallest absolute Gasteiger partial charge is 0.227 e. The summed E-state index contributed by atoms with van der Waals surface area (Å²) in [6, 6.07) is 6.10. The lowest BCUT2D eigenvalue weighted by atomic mass is 9.93. The van der Waals surface area contributed by atoms with Gasteiger partial charge >= 0.3 is 0 Å². The molecule has 3 aromatic rings. The number of likely N-dealkylation sites (tertiary alicyclic amines) is 1. The minimum Gasteiger partial charge on any atom is -0.342 e. The summed E-state index contributed by atoms with van der Waals surface area (Å²) in [6.07, 6.45) is 4.34. The molecule has 0 atom stereocenters. The van der Waals surface area contributed by atoms with Gasteiger partial charge in [-0.05, 0) is 48.2 Å². The van der Waals surface area contributed by atoms with Crippen molar-refractivity contribution in [1.29, 1.82) is 0 Å². The standard InChI is InChI=1S/C18H20N4OS/c1-13-10-17-19-6-2-16(22(17)20-13)15-3-7-21(8-4-15)18(23)11-14-5-9-24-12-14/h2,5-6,9-10,12,15H,3-4,7-8,11H2,1H3. The molecule has 0 aliphatic carbocycles. The van der Waals surface area contributed by atoms with Crippen LogP contribution in [0.1, 0.15) is 35.7 Å². The molecule has 1 amide bonds. The van der Waals surface area contributed by atoms with Gasteiger partial charge < -0.3 is 4.90 Å². The van der Waals surface area contributed by atoms with Gasteiger partial charge in [0.25, 0.3) is 0 Å². The van der Waals surface area contributed by atoms with Crippen LogP contribution in [0, 0.1) is 6.92 Å². The molecule has 0 aromatic carbocycles. The molecule has 0 bridgehead atoms. The lowest BCUT2D eigenvalue weighted by molar-refractivity contribution is -0.131. The first-order valence-electron chi connectivity index (χ1n) is 8.31. The molecule has 1 aliphatic rings. The fourth-order valence-corrected chi connectivity index (χ4v) is 4.11. The number of carbonyl (C=O) groups excluding carboxylic acids is 1. The highest BCUT2D eigenvalue weighted by Gasteiger charge is 2.25. The van der Waals surface area contributed by atoms with E-state index in [1.54, 1.807) is 11.3 Å². The van der Waals surface area contributed by atoms with Gasteiger partial charge in [-0.25, -0.2) is 9.50 Å². The number of fused-ring (bicyclic) bond motifs is 1. The summed E-state index contributed by atoms with van der Waals surface area (Å²) in [7, 11) is 0. The van der Waals surface area contributed by atoms with Crippen molar-refractivity contribution in [2.75, 3.05) is 13.1 Å². The maximum absolute atomic E-state index is 12.4. The molecule has 0 saturated carbocycles. The first-order valence-corrected chi connectivity index (χ1v) is 9.25. The average molecular weight is 340 g/mol. The Balaban J connectivity index is 1.44. The summed E-state index contributed by atoms with van der Waals surface area (Å²) in [4.78, 5) is 18.8. The van der Waals surface area contributed by atoms with Crippen molar-refractivity contribution in [2.24, 2.45) is 0 Å². The van der Waals surface area contributed by atoms with Gasteiger partial charge in [0.2, 0.25) is 5.91 Å². The van der Waals surface area contributed by atoms with E-state index in [1.165, 1.54) is 5.69 Å². The van der Waals surface area contributed by atoms with Crippen LogP contribution in [-0.2, 0) is 11.2 Å². The van der Waals surface area contributed by atoms with E-state index < -0.39 is 0 Å². The lowest BCUT2D eigenvalue weighted by Crippen LogP contribution is -2.39. The number of thiophene rings is 1. The molecule has 124 valence electrons. The fraction of sp³-hybridized carbons (Fsp3) is 0.389. The summed E-state index contributed by atoms with van der Waals surface area (Å²) in [5.74, 6) is 0.668. The second kappa shape index (κ2) is 6.36. The predicted octanol–water partition coefficient (Wildman–Crippen LogP) is 3.05. The van der Waals surface area contributed by atoms with E-state index in [1.807, 2.05) is 40.0 Å². The average Bonchev–Trinajstić information content (AvgIpc) is 3.23. The molecule has 4 rings (SSSR count).